The molecule has 6 rings (SSSR count). The maximum absolute atomic E-state index is 12.7. The van der Waals surface area contributed by atoms with Crippen molar-refractivity contribution in [1.82, 2.24) is 14.3 Å². The minimum absolute atomic E-state index is 0.0573. The van der Waals surface area contributed by atoms with E-state index in [2.05, 4.69) is 27.7 Å². The number of aromatic nitrogens is 2. The largest absolute Gasteiger partial charge is 0.464 e. The second-order valence-corrected chi connectivity index (χ2v) is 7.94. The highest BCUT2D eigenvalue weighted by Crippen LogP contribution is 2.28. The molecule has 1 fully saturated rings. The van der Waals surface area contributed by atoms with Crippen LogP contribution in [0.1, 0.15) is 10.4 Å². The summed E-state index contributed by atoms with van der Waals surface area (Å²) in [6.45, 7) is 2.49. The lowest BCUT2D eigenvalue weighted by atomic mass is 10.0. The summed E-state index contributed by atoms with van der Waals surface area (Å²) >= 11 is 0. The van der Waals surface area contributed by atoms with Gasteiger partial charge in [0.25, 0.3) is 5.91 Å². The highest BCUT2D eigenvalue weighted by Gasteiger charge is 2.18. The number of morpholine rings is 1. The number of hydrogen-bond donors (Lipinski definition) is 0. The number of nitrogens with zero attached hydrogens (tertiary/aromatic N) is 3. The van der Waals surface area contributed by atoms with Crippen molar-refractivity contribution in [2.24, 2.45) is 0 Å². The number of amides is 1. The maximum Gasteiger partial charge on any atom is 0.254 e. The van der Waals surface area contributed by atoms with Gasteiger partial charge in [-0.2, -0.15) is 0 Å². The number of hydrogen-bond acceptors (Lipinski definition) is 4. The lowest BCUT2D eigenvalue weighted by molar-refractivity contribution is 0.0303. The van der Waals surface area contributed by atoms with Gasteiger partial charge >= 0.3 is 0 Å². The summed E-state index contributed by atoms with van der Waals surface area (Å²) in [5.74, 6) is 0.0573. The van der Waals surface area contributed by atoms with Gasteiger partial charge in [-0.3, -0.25) is 9.20 Å². The molecular weight excluding hydrogens is 402 g/mol. The number of carbonyl (C=O) groups excluding carboxylic acids is 1. The molecular formula is C26H21N3O3. The Bertz CT molecular complexity index is 1430. The highest BCUT2D eigenvalue weighted by molar-refractivity contribution is 5.94. The summed E-state index contributed by atoms with van der Waals surface area (Å²) < 4.78 is 12.9. The van der Waals surface area contributed by atoms with Gasteiger partial charge in [-0.15, -0.1) is 0 Å². The molecule has 5 aromatic rings. The molecule has 3 aromatic heterocycles. The summed E-state index contributed by atoms with van der Waals surface area (Å²) in [6.07, 6.45) is 5.69. The first-order chi connectivity index (χ1) is 15.8. The van der Waals surface area contributed by atoms with Crippen LogP contribution in [-0.4, -0.2) is 46.5 Å². The number of rotatable bonds is 3. The fourth-order valence-corrected chi connectivity index (χ4v) is 4.25. The van der Waals surface area contributed by atoms with E-state index in [-0.39, 0.29) is 5.91 Å². The monoisotopic (exact) mass is 423 g/mol. The van der Waals surface area contributed by atoms with Gasteiger partial charge in [-0.05, 0) is 59.7 Å². The van der Waals surface area contributed by atoms with Gasteiger partial charge in [-0.25, -0.2) is 4.98 Å². The van der Waals surface area contributed by atoms with E-state index in [1.165, 1.54) is 0 Å². The molecule has 0 bridgehead atoms. The zero-order valence-corrected chi connectivity index (χ0v) is 17.4. The van der Waals surface area contributed by atoms with Gasteiger partial charge in [0.1, 0.15) is 11.2 Å². The maximum atomic E-state index is 12.7. The van der Waals surface area contributed by atoms with E-state index in [0.29, 0.717) is 31.9 Å². The van der Waals surface area contributed by atoms with E-state index >= 15 is 0 Å². The Morgan fingerprint density at radius 1 is 0.875 bits per heavy atom. The van der Waals surface area contributed by atoms with E-state index in [1.807, 2.05) is 59.6 Å². The smallest absolute Gasteiger partial charge is 0.254 e. The summed E-state index contributed by atoms with van der Waals surface area (Å²) in [7, 11) is 0. The number of carbonyl (C=O) groups is 1. The molecule has 1 saturated heterocycles. The molecule has 4 heterocycles. The third kappa shape index (κ3) is 3.25. The van der Waals surface area contributed by atoms with Crippen molar-refractivity contribution in [3.63, 3.8) is 0 Å². The molecule has 6 nitrogen and oxygen atoms in total. The number of fused-ring (bicyclic) bond motifs is 2. The van der Waals surface area contributed by atoms with Gasteiger partial charge in [0.05, 0.1) is 31.4 Å². The van der Waals surface area contributed by atoms with E-state index in [4.69, 9.17) is 9.15 Å². The molecule has 1 aliphatic rings. The van der Waals surface area contributed by atoms with Crippen LogP contribution in [0.5, 0.6) is 0 Å². The summed E-state index contributed by atoms with van der Waals surface area (Å²) in [6, 6.07) is 20.0. The predicted molar refractivity (Wildman–Crippen MR) is 123 cm³/mol. The Morgan fingerprint density at radius 3 is 2.50 bits per heavy atom. The van der Waals surface area contributed by atoms with E-state index in [0.717, 1.165) is 39.0 Å². The van der Waals surface area contributed by atoms with Crippen LogP contribution in [0.2, 0.25) is 0 Å². The fourth-order valence-electron chi connectivity index (χ4n) is 4.25. The molecule has 0 saturated carbocycles. The van der Waals surface area contributed by atoms with Crippen molar-refractivity contribution in [1.29, 1.82) is 0 Å². The standard InChI is InChI=1S/C26H21N3O3/c30-26(28-10-13-31-14-11-28)19-3-1-18(2-4-19)22-6-8-25-27-16-23(29(25)17-22)20-5-7-24-21(15-20)9-12-32-24/h1-9,12,15-17H,10-11,13-14H2. The molecule has 2 aromatic carbocycles. The van der Waals surface area contributed by atoms with Gasteiger partial charge < -0.3 is 14.1 Å². The molecule has 0 atom stereocenters. The normalized spacial score (nSPS) is 14.3. The van der Waals surface area contributed by atoms with Gasteiger partial charge in [-0.1, -0.05) is 12.1 Å². The first-order valence-corrected chi connectivity index (χ1v) is 10.7. The first-order valence-electron chi connectivity index (χ1n) is 10.7. The van der Waals surface area contributed by atoms with E-state index < -0.39 is 0 Å². The van der Waals surface area contributed by atoms with Crippen molar-refractivity contribution < 1.29 is 13.9 Å². The van der Waals surface area contributed by atoms with Gasteiger partial charge in [0.15, 0.2) is 0 Å². The van der Waals surface area contributed by atoms with Crippen LogP contribution in [0.25, 0.3) is 39.0 Å². The lowest BCUT2D eigenvalue weighted by Crippen LogP contribution is -2.40. The minimum atomic E-state index is 0.0573. The van der Waals surface area contributed by atoms with Crippen molar-refractivity contribution >= 4 is 22.5 Å². The lowest BCUT2D eigenvalue weighted by Gasteiger charge is -2.26. The number of imidazole rings is 1. The van der Waals surface area contributed by atoms with Crippen molar-refractivity contribution in [2.45, 2.75) is 0 Å². The predicted octanol–water partition coefficient (Wildman–Crippen LogP) is 4.89. The van der Waals surface area contributed by atoms with Crippen LogP contribution in [0.4, 0.5) is 0 Å². The Hall–Kier alpha value is -3.90. The summed E-state index contributed by atoms with van der Waals surface area (Å²) in [4.78, 5) is 19.1. The van der Waals surface area contributed by atoms with Crippen molar-refractivity contribution in [3.05, 3.63) is 84.9 Å². The van der Waals surface area contributed by atoms with E-state index in [1.54, 1.807) is 6.26 Å². The van der Waals surface area contributed by atoms with Crippen LogP contribution < -0.4 is 0 Å². The summed E-state index contributed by atoms with van der Waals surface area (Å²) in [5, 5.41) is 1.06. The topological polar surface area (TPSA) is 60.0 Å². The third-order valence-corrected chi connectivity index (χ3v) is 6.02. The molecule has 1 aliphatic heterocycles. The third-order valence-electron chi connectivity index (χ3n) is 6.02. The number of furan rings is 1. The molecule has 0 aliphatic carbocycles. The molecule has 32 heavy (non-hydrogen) atoms. The average molecular weight is 423 g/mol. The molecule has 1 amide bonds. The molecule has 6 heteroatoms. The average Bonchev–Trinajstić information content (AvgIpc) is 3.50. The van der Waals surface area contributed by atoms with Crippen LogP contribution in [0, 0.1) is 0 Å². The van der Waals surface area contributed by atoms with Crippen LogP contribution >= 0.6 is 0 Å². The molecule has 158 valence electrons. The highest BCUT2D eigenvalue weighted by atomic mass is 16.5. The fraction of sp³-hybridized carbons (Fsp3) is 0.154. The van der Waals surface area contributed by atoms with Crippen molar-refractivity contribution in [2.75, 3.05) is 26.3 Å². The Kier molecular flexibility index (Phi) is 4.51. The zero-order valence-electron chi connectivity index (χ0n) is 17.4. The number of pyridine rings is 1. The van der Waals surface area contributed by atoms with Crippen LogP contribution in [0.15, 0.2) is 83.7 Å². The number of benzene rings is 2. The van der Waals surface area contributed by atoms with Crippen molar-refractivity contribution in [3.8, 4) is 22.4 Å². The molecule has 0 spiro atoms. The Morgan fingerprint density at radius 2 is 1.66 bits per heavy atom. The molecule has 0 unspecified atom stereocenters. The SMILES string of the molecule is O=C(c1ccc(-c2ccc3ncc(-c4ccc5occc5c4)n3c2)cc1)N1CCOCC1. The Labute approximate surface area is 184 Å². The zero-order chi connectivity index (χ0) is 21.5. The number of ether oxygens (including phenoxy) is 1. The summed E-state index contributed by atoms with van der Waals surface area (Å²) in [5.41, 5.74) is 6.67. The van der Waals surface area contributed by atoms with Gasteiger partial charge in [0, 0.05) is 35.8 Å². The second-order valence-electron chi connectivity index (χ2n) is 7.94. The van der Waals surface area contributed by atoms with E-state index in [9.17, 15) is 4.79 Å². The molecule has 0 N–H and O–H groups in total. The first kappa shape index (κ1) is 18.8. The second kappa shape index (κ2) is 7.66. The van der Waals surface area contributed by atoms with Crippen LogP contribution in [0.3, 0.4) is 0 Å². The Balaban J connectivity index is 1.33. The molecule has 0 radical (unpaired) electrons. The van der Waals surface area contributed by atoms with Gasteiger partial charge in [0.2, 0.25) is 0 Å². The quantitative estimate of drug-likeness (QED) is 0.415. The minimum Gasteiger partial charge on any atom is -0.464 e. The van der Waals surface area contributed by atoms with Crippen LogP contribution in [-0.2, 0) is 4.74 Å².